The van der Waals surface area contributed by atoms with Crippen molar-refractivity contribution in [1.82, 2.24) is 55.8 Å². The SMILES string of the molecule is C1COCCN1.Cc1ncc2c(n1)N1C(C=C2)C(=O)NCC12CCCC2.Nc1ccc(N2CCOCC2)cn1.O=C1NCC2(CCCC2)N2c3nc(Nc4ccc(N5CCOCC5)cn4)ncc3C=CC12.O=S.O=[N+]([O-])c1ccc(Cl)cn1.O=[N+]([O-])c1ccc(N2CCOCC2)cn1. The summed E-state index contributed by atoms with van der Waals surface area (Å²) < 4.78 is 28.7. The molecule has 2 unspecified atom stereocenters. The summed E-state index contributed by atoms with van der Waals surface area (Å²) in [4.78, 5) is 89.4. The number of nitrogens with zero attached hydrogens (tertiary/aromatic N) is 15. The highest BCUT2D eigenvalue weighted by molar-refractivity contribution is 7.44. The normalized spacial score (nSPS) is 20.4. The first kappa shape index (κ1) is 71.5. The minimum Gasteiger partial charge on any atom is -0.384 e. The van der Waals surface area contributed by atoms with Gasteiger partial charge in [0.25, 0.3) is 0 Å². The first-order valence-corrected chi connectivity index (χ1v) is 33.4. The average molecular weight is 1390 g/mol. The summed E-state index contributed by atoms with van der Waals surface area (Å²) in [7, 11) is 0. The van der Waals surface area contributed by atoms with Gasteiger partial charge in [0.1, 0.15) is 41.2 Å². The molecule has 31 nitrogen and oxygen atoms in total. The van der Waals surface area contributed by atoms with Crippen molar-refractivity contribution >= 4 is 106 Å². The molecule has 8 fully saturated rings. The number of morpholine rings is 4. The third kappa shape index (κ3) is 18.3. The van der Waals surface area contributed by atoms with Crippen molar-refractivity contribution in [1.29, 1.82) is 0 Å². The smallest absolute Gasteiger partial charge is 0.363 e. The molecule has 14 heterocycles. The molecular formula is C65H81ClN20O11S. The van der Waals surface area contributed by atoms with Crippen LogP contribution in [0.5, 0.6) is 0 Å². The molecule has 2 amide bonds. The molecule has 98 heavy (non-hydrogen) atoms. The Bertz CT molecular complexity index is 3660. The van der Waals surface area contributed by atoms with Crippen molar-refractivity contribution < 1.29 is 42.6 Å². The molecular weight excluding hydrogens is 1300 g/mol. The molecule has 8 aliphatic heterocycles. The van der Waals surface area contributed by atoms with Crippen LogP contribution in [0.1, 0.15) is 68.3 Å². The van der Waals surface area contributed by atoms with Gasteiger partial charge in [-0.1, -0.05) is 61.6 Å². The quantitative estimate of drug-likeness (QED) is 0.0936. The van der Waals surface area contributed by atoms with Crippen LogP contribution in [0.3, 0.4) is 0 Å². The molecule has 2 atom stereocenters. The van der Waals surface area contributed by atoms with Crippen molar-refractivity contribution in [2.45, 2.75) is 81.5 Å². The van der Waals surface area contributed by atoms with Crippen LogP contribution < -0.4 is 51.5 Å². The summed E-state index contributed by atoms with van der Waals surface area (Å²) in [5.74, 6) is 4.09. The van der Waals surface area contributed by atoms with Crippen LogP contribution in [0.4, 0.5) is 57.9 Å². The van der Waals surface area contributed by atoms with Gasteiger partial charge in [0, 0.05) is 101 Å². The zero-order valence-corrected chi connectivity index (χ0v) is 56.1. The van der Waals surface area contributed by atoms with Crippen molar-refractivity contribution in [2.75, 3.05) is 154 Å². The number of nitrogens with one attached hydrogen (secondary N) is 4. The third-order valence-electron chi connectivity index (χ3n) is 18.0. The number of anilines is 8. The number of nitrogens with two attached hydrogens (primary N) is 1. The van der Waals surface area contributed by atoms with Gasteiger partial charge in [-0.3, -0.25) is 9.59 Å². The number of fused-ring (bicyclic) bond motifs is 8. The molecule has 520 valence electrons. The number of carbonyl (C=O) groups excluding carboxylic acids is 2. The maximum atomic E-state index is 12.6. The molecule has 6 aromatic heterocycles. The first-order valence-electron chi connectivity index (χ1n) is 32.7. The highest BCUT2D eigenvalue weighted by Gasteiger charge is 2.51. The van der Waals surface area contributed by atoms with Gasteiger partial charge in [0.15, 0.2) is 24.9 Å². The number of hydrogen-bond donors (Lipinski definition) is 5. The molecule has 0 bridgehead atoms. The van der Waals surface area contributed by atoms with E-state index in [-0.39, 0.29) is 46.6 Å². The van der Waals surface area contributed by atoms with Crippen LogP contribution in [0.2, 0.25) is 5.02 Å². The summed E-state index contributed by atoms with van der Waals surface area (Å²) in [5, 5.41) is 33.4. The molecule has 10 aliphatic rings. The fourth-order valence-electron chi connectivity index (χ4n) is 13.1. The Morgan fingerprint density at radius 1 is 0.561 bits per heavy atom. The molecule has 2 spiro atoms. The van der Waals surface area contributed by atoms with Gasteiger partial charge < -0.3 is 90.7 Å². The first-order chi connectivity index (χ1) is 47.7. The molecule has 33 heteroatoms. The van der Waals surface area contributed by atoms with Crippen LogP contribution in [-0.2, 0) is 41.1 Å². The fraction of sp³-hybridized carbons (Fsp3) is 0.477. The van der Waals surface area contributed by atoms with Crippen LogP contribution in [-0.4, -0.2) is 207 Å². The van der Waals surface area contributed by atoms with Gasteiger partial charge in [0.05, 0.1) is 98.4 Å². The maximum Gasteiger partial charge on any atom is 0.363 e. The fourth-order valence-corrected chi connectivity index (χ4v) is 13.2. The molecule has 6 N–H and O–H groups in total. The Morgan fingerprint density at radius 3 is 1.41 bits per heavy atom. The Balaban J connectivity index is 0.000000136. The van der Waals surface area contributed by atoms with E-state index < -0.39 is 9.85 Å². The van der Waals surface area contributed by atoms with E-state index >= 15 is 0 Å². The van der Waals surface area contributed by atoms with Gasteiger partial charge in [-0.05, 0) is 88.8 Å². The molecule has 0 radical (unpaired) electrons. The van der Waals surface area contributed by atoms with Gasteiger partial charge in [0.2, 0.25) is 17.8 Å². The van der Waals surface area contributed by atoms with E-state index in [0.29, 0.717) is 42.4 Å². The summed E-state index contributed by atoms with van der Waals surface area (Å²) in [6, 6.07) is 13.1. The Morgan fingerprint density at radius 2 is 1.00 bits per heavy atom. The molecule has 6 aromatic rings. The van der Waals surface area contributed by atoms with E-state index in [1.807, 2.05) is 68.0 Å². The summed E-state index contributed by atoms with van der Waals surface area (Å²) in [5.41, 5.74) is 10.6. The second kappa shape index (κ2) is 34.8. The van der Waals surface area contributed by atoms with Crippen LogP contribution in [0.15, 0.2) is 97.9 Å². The molecule has 2 saturated carbocycles. The van der Waals surface area contributed by atoms with Gasteiger partial charge in [-0.15, -0.1) is 0 Å². The second-order valence-electron chi connectivity index (χ2n) is 24.2. The van der Waals surface area contributed by atoms with E-state index in [0.717, 1.165) is 170 Å². The predicted octanol–water partition coefficient (Wildman–Crippen LogP) is 5.77. The monoisotopic (exact) mass is 1380 g/mol. The van der Waals surface area contributed by atoms with Crippen LogP contribution in [0, 0.1) is 27.2 Å². The minimum atomic E-state index is -0.573. The second-order valence-corrected chi connectivity index (χ2v) is 24.6. The Labute approximate surface area is 577 Å². The van der Waals surface area contributed by atoms with Crippen LogP contribution in [0.25, 0.3) is 12.2 Å². The predicted molar refractivity (Wildman–Crippen MR) is 372 cm³/mol. The number of aromatic nitrogens is 8. The zero-order chi connectivity index (χ0) is 68.9. The molecule has 0 aromatic carbocycles. The van der Waals surface area contributed by atoms with Crippen molar-refractivity contribution in [2.24, 2.45) is 0 Å². The van der Waals surface area contributed by atoms with E-state index in [1.54, 1.807) is 12.3 Å². The molecule has 6 saturated heterocycles. The lowest BCUT2D eigenvalue weighted by Crippen LogP contribution is -2.67. The van der Waals surface area contributed by atoms with Crippen molar-refractivity contribution in [3.05, 3.63) is 140 Å². The topological polar surface area (TPSA) is 368 Å². The lowest BCUT2D eigenvalue weighted by Gasteiger charge is -2.50. The van der Waals surface area contributed by atoms with Gasteiger partial charge in [-0.2, -0.15) is 9.19 Å². The summed E-state index contributed by atoms with van der Waals surface area (Å²) >= 11 is 8.26. The summed E-state index contributed by atoms with van der Waals surface area (Å²) in [6.45, 7) is 16.8. The number of carbonyl (C=O) groups is 2. The Kier molecular flexibility index (Phi) is 25.3. The average Bonchev–Trinajstić information content (AvgIpc) is 1.17. The van der Waals surface area contributed by atoms with Crippen LogP contribution >= 0.6 is 11.6 Å². The number of pyridine rings is 4. The van der Waals surface area contributed by atoms with Gasteiger partial charge in [-0.25, -0.2) is 24.9 Å². The van der Waals surface area contributed by atoms with E-state index in [1.165, 1.54) is 56.3 Å². The molecule has 2 aliphatic carbocycles. The number of rotatable bonds is 7. The third-order valence-corrected chi connectivity index (χ3v) is 18.2. The zero-order valence-electron chi connectivity index (χ0n) is 54.5. The highest BCUT2D eigenvalue weighted by atomic mass is 35.5. The maximum absolute atomic E-state index is 12.6. The minimum absolute atomic E-state index is 0.0397. The number of ether oxygens (including phenoxy) is 4. The van der Waals surface area contributed by atoms with Crippen molar-refractivity contribution in [3.8, 4) is 0 Å². The standard InChI is InChI=1S/C23H27N7O2.C15H18N4O.C9H11N3O3.C9H13N3O.C5H3ClN2O2.C4H9NO.OS/c31-21-18-5-3-16-13-25-22(28-20(16)30(18)23(15-26-21)7-1-2-8-23)27-19-6-4-17(14-24-19)29-9-11-32-12-10-29;1-10-16-8-11-4-5-12-14(20)17-9-15(6-2-3-7-15)19(12)13(11)18-10;13-12(14)9-2-1-8(7-10-9)11-3-5-15-6-4-11;10-9-2-1-8(7-11-9)12-3-5-13-6-4-12;6-4-1-2-5(7-3-4)8(9)10;1-3-6-4-2-5-1;1-2/h3-6,13-14,18H,1-2,7-12,15H2,(H,26,31)(H,24,25,27,28);4-5,8,12H,2-3,6-7,9H2,1H3,(H,17,20);1-2,7H,3-6H2;1-2,7H,3-6H2,(H2,10,11);1-3H;5H,1-4H2;. The van der Waals surface area contributed by atoms with E-state index in [4.69, 9.17) is 45.5 Å². The number of piperazine rings is 2. The number of halogens is 1. The molecule has 16 rings (SSSR count). The highest BCUT2D eigenvalue weighted by Crippen LogP contribution is 2.45. The van der Waals surface area contributed by atoms with E-state index in [2.05, 4.69) is 99.3 Å². The number of nitrogen functional groups attached to an aromatic ring is 1. The summed E-state index contributed by atoms with van der Waals surface area (Å²) in [6.07, 6.45) is 27.2. The number of amides is 2. The number of hydrogen-bond acceptors (Lipinski definition) is 28. The largest absolute Gasteiger partial charge is 0.384 e. The number of aryl methyl sites for hydroxylation is 1. The van der Waals surface area contributed by atoms with E-state index in [9.17, 15) is 29.8 Å². The number of nitro groups is 2. The van der Waals surface area contributed by atoms with Crippen molar-refractivity contribution in [3.63, 3.8) is 0 Å². The lowest BCUT2D eigenvalue weighted by atomic mass is 9.87. The van der Waals surface area contributed by atoms with Gasteiger partial charge >= 0.3 is 11.6 Å². The lowest BCUT2D eigenvalue weighted by molar-refractivity contribution is -0.389. The Hall–Kier alpha value is -9.31.